The third kappa shape index (κ3) is 3.77. The maximum absolute atomic E-state index is 11.6. The summed E-state index contributed by atoms with van der Waals surface area (Å²) in [4.78, 5) is 22.9. The van der Waals surface area contributed by atoms with Gasteiger partial charge in [0, 0.05) is 11.5 Å². The van der Waals surface area contributed by atoms with Gasteiger partial charge >= 0.3 is 11.9 Å². The molecule has 0 saturated heterocycles. The number of carboxylic acids is 2. The first-order valence-electron chi connectivity index (χ1n) is 9.54. The number of carboxylic acid groups (broad SMARTS) is 2. The van der Waals surface area contributed by atoms with Crippen LogP contribution in [-0.4, -0.2) is 33.9 Å². The Balaban J connectivity index is 1.67. The summed E-state index contributed by atoms with van der Waals surface area (Å²) in [5.41, 5.74) is 2.55. The molecule has 3 N–H and O–H groups in total. The van der Waals surface area contributed by atoms with Crippen molar-refractivity contribution in [3.05, 3.63) is 89.0 Å². The molecule has 3 aromatic carbocycles. The van der Waals surface area contributed by atoms with Crippen molar-refractivity contribution in [3.63, 3.8) is 0 Å². The zero-order valence-electron chi connectivity index (χ0n) is 16.0. The Hall–Kier alpha value is -3.64. The van der Waals surface area contributed by atoms with Gasteiger partial charge in [0.05, 0.1) is 23.8 Å². The third-order valence-corrected chi connectivity index (χ3v) is 5.38. The highest BCUT2D eigenvalue weighted by atomic mass is 16.5. The molecule has 2 atom stereocenters. The Morgan fingerprint density at radius 2 is 1.70 bits per heavy atom. The molecule has 6 nitrogen and oxygen atoms in total. The van der Waals surface area contributed by atoms with E-state index in [0.29, 0.717) is 29.9 Å². The summed E-state index contributed by atoms with van der Waals surface area (Å²) in [6.45, 7) is 0.327. The van der Waals surface area contributed by atoms with Gasteiger partial charge in [0.25, 0.3) is 0 Å². The summed E-state index contributed by atoms with van der Waals surface area (Å²) >= 11 is 0. The van der Waals surface area contributed by atoms with E-state index in [1.165, 1.54) is 18.2 Å². The first-order chi connectivity index (χ1) is 14.4. The molecular formula is C24H20O6. The summed E-state index contributed by atoms with van der Waals surface area (Å²) in [5.74, 6) is -1.91. The zero-order valence-corrected chi connectivity index (χ0v) is 16.0. The Labute approximate surface area is 173 Å². The van der Waals surface area contributed by atoms with Crippen LogP contribution in [0.1, 0.15) is 37.9 Å². The number of aromatic carboxylic acids is 2. The van der Waals surface area contributed by atoms with Crippen LogP contribution in [0.3, 0.4) is 0 Å². The Bertz CT molecular complexity index is 1110. The van der Waals surface area contributed by atoms with Gasteiger partial charge in [-0.3, -0.25) is 0 Å². The molecule has 0 unspecified atom stereocenters. The number of aliphatic hydroxyl groups is 1. The number of ether oxygens (including phenoxy) is 1. The average molecular weight is 404 g/mol. The van der Waals surface area contributed by atoms with E-state index in [4.69, 9.17) is 4.74 Å². The van der Waals surface area contributed by atoms with Crippen molar-refractivity contribution in [1.82, 2.24) is 0 Å². The Morgan fingerprint density at radius 3 is 2.40 bits per heavy atom. The van der Waals surface area contributed by atoms with Crippen molar-refractivity contribution < 1.29 is 29.6 Å². The fraction of sp³-hybridized carbons (Fsp3) is 0.167. The van der Waals surface area contributed by atoms with Crippen molar-refractivity contribution in [1.29, 1.82) is 0 Å². The SMILES string of the molecule is O=C(O)c1ccc(C(=O)O)c(-c2ccc3c(c2)OC[C@H](Cc2ccccc2)[C@H]3O)c1. The molecule has 1 heterocycles. The van der Waals surface area contributed by atoms with Crippen LogP contribution in [0.15, 0.2) is 66.7 Å². The van der Waals surface area contributed by atoms with Gasteiger partial charge in [0.1, 0.15) is 5.75 Å². The molecule has 0 fully saturated rings. The second-order valence-electron chi connectivity index (χ2n) is 7.33. The van der Waals surface area contributed by atoms with Crippen molar-refractivity contribution in [2.45, 2.75) is 12.5 Å². The molecule has 0 aromatic heterocycles. The molecule has 1 aliphatic rings. The fourth-order valence-corrected chi connectivity index (χ4v) is 3.80. The van der Waals surface area contributed by atoms with E-state index in [-0.39, 0.29) is 22.6 Å². The van der Waals surface area contributed by atoms with Crippen molar-refractivity contribution in [3.8, 4) is 16.9 Å². The standard InChI is InChI=1S/C24H20O6/c25-22-17(10-14-4-2-1-3-5-14)13-30-21-12-15(6-9-19(21)22)20-11-16(23(26)27)7-8-18(20)24(28)29/h1-9,11-12,17,22,25H,10,13H2,(H,26,27)(H,28,29)/t17-,22+/m0/s1. The number of carbonyl (C=O) groups is 2. The number of aliphatic hydroxyl groups excluding tert-OH is 1. The van der Waals surface area contributed by atoms with E-state index in [0.717, 1.165) is 5.56 Å². The van der Waals surface area contributed by atoms with E-state index in [2.05, 4.69) is 0 Å². The van der Waals surface area contributed by atoms with E-state index in [1.807, 2.05) is 30.3 Å². The molecule has 152 valence electrons. The predicted octanol–water partition coefficient (Wildman–Crippen LogP) is 4.03. The number of fused-ring (bicyclic) bond motifs is 1. The van der Waals surface area contributed by atoms with Gasteiger partial charge in [-0.15, -0.1) is 0 Å². The largest absolute Gasteiger partial charge is 0.493 e. The highest BCUT2D eigenvalue weighted by Crippen LogP contribution is 2.40. The number of hydrogen-bond donors (Lipinski definition) is 3. The minimum absolute atomic E-state index is 0.00161. The molecule has 0 spiro atoms. The zero-order chi connectivity index (χ0) is 21.3. The van der Waals surface area contributed by atoms with Crippen molar-refractivity contribution in [2.24, 2.45) is 5.92 Å². The van der Waals surface area contributed by atoms with Gasteiger partial charge < -0.3 is 20.1 Å². The molecule has 0 radical (unpaired) electrons. The van der Waals surface area contributed by atoms with Gasteiger partial charge in [0.2, 0.25) is 0 Å². The summed E-state index contributed by atoms with van der Waals surface area (Å²) < 4.78 is 5.90. The third-order valence-electron chi connectivity index (χ3n) is 5.38. The highest BCUT2D eigenvalue weighted by Gasteiger charge is 2.30. The normalized spacial score (nSPS) is 17.6. The minimum atomic E-state index is -1.15. The molecule has 0 amide bonds. The summed E-state index contributed by atoms with van der Waals surface area (Å²) in [7, 11) is 0. The Morgan fingerprint density at radius 1 is 0.933 bits per heavy atom. The van der Waals surface area contributed by atoms with Crippen molar-refractivity contribution >= 4 is 11.9 Å². The molecule has 3 aromatic rings. The minimum Gasteiger partial charge on any atom is -0.493 e. The van der Waals surface area contributed by atoms with Crippen LogP contribution < -0.4 is 4.74 Å². The second kappa shape index (κ2) is 8.00. The van der Waals surface area contributed by atoms with Crippen LogP contribution in [0.5, 0.6) is 5.75 Å². The molecule has 4 rings (SSSR count). The molecule has 1 aliphatic heterocycles. The maximum Gasteiger partial charge on any atom is 0.336 e. The summed E-state index contributed by atoms with van der Waals surface area (Å²) in [5, 5.41) is 29.6. The van der Waals surface area contributed by atoms with Gasteiger partial charge in [-0.05, 0) is 47.4 Å². The van der Waals surface area contributed by atoms with Crippen LogP contribution in [0, 0.1) is 5.92 Å². The summed E-state index contributed by atoms with van der Waals surface area (Å²) in [6, 6.07) is 18.8. The lowest BCUT2D eigenvalue weighted by molar-refractivity contribution is 0.0508. The van der Waals surface area contributed by atoms with E-state index in [9.17, 15) is 24.9 Å². The average Bonchev–Trinajstić information content (AvgIpc) is 2.75. The molecular weight excluding hydrogens is 384 g/mol. The van der Waals surface area contributed by atoms with Crippen LogP contribution in [0.25, 0.3) is 11.1 Å². The molecule has 30 heavy (non-hydrogen) atoms. The molecule has 6 heteroatoms. The topological polar surface area (TPSA) is 104 Å². The summed E-state index contributed by atoms with van der Waals surface area (Å²) in [6.07, 6.45) is -0.0418. The number of hydrogen-bond acceptors (Lipinski definition) is 4. The van der Waals surface area contributed by atoms with Crippen LogP contribution >= 0.6 is 0 Å². The van der Waals surface area contributed by atoms with Gasteiger partial charge in [0.15, 0.2) is 0 Å². The molecule has 0 saturated carbocycles. The van der Waals surface area contributed by atoms with E-state index in [1.54, 1.807) is 18.2 Å². The quantitative estimate of drug-likeness (QED) is 0.593. The lowest BCUT2D eigenvalue weighted by Gasteiger charge is -2.31. The van der Waals surface area contributed by atoms with Gasteiger partial charge in [-0.25, -0.2) is 9.59 Å². The number of benzene rings is 3. The smallest absolute Gasteiger partial charge is 0.336 e. The number of rotatable bonds is 5. The van der Waals surface area contributed by atoms with Gasteiger partial charge in [-0.2, -0.15) is 0 Å². The monoisotopic (exact) mass is 404 g/mol. The molecule has 0 aliphatic carbocycles. The first-order valence-corrected chi connectivity index (χ1v) is 9.54. The highest BCUT2D eigenvalue weighted by molar-refractivity contribution is 5.99. The molecule has 0 bridgehead atoms. The predicted molar refractivity (Wildman–Crippen MR) is 110 cm³/mol. The van der Waals surface area contributed by atoms with Gasteiger partial charge in [-0.1, -0.05) is 42.5 Å². The lowest BCUT2D eigenvalue weighted by Crippen LogP contribution is -2.27. The Kier molecular flexibility index (Phi) is 5.25. The van der Waals surface area contributed by atoms with Crippen LogP contribution in [0.4, 0.5) is 0 Å². The maximum atomic E-state index is 11.6. The van der Waals surface area contributed by atoms with Crippen molar-refractivity contribution in [2.75, 3.05) is 6.61 Å². The van der Waals surface area contributed by atoms with E-state index < -0.39 is 18.0 Å². The van der Waals surface area contributed by atoms with E-state index >= 15 is 0 Å². The fourth-order valence-electron chi connectivity index (χ4n) is 3.80. The van der Waals surface area contributed by atoms with Crippen LogP contribution in [0.2, 0.25) is 0 Å². The first kappa shape index (κ1) is 19.7. The second-order valence-corrected chi connectivity index (χ2v) is 7.33. The lowest BCUT2D eigenvalue weighted by atomic mass is 9.87. The van der Waals surface area contributed by atoms with Crippen LogP contribution in [-0.2, 0) is 6.42 Å².